The molecule has 0 bridgehead atoms. The second kappa shape index (κ2) is 7.74. The summed E-state index contributed by atoms with van der Waals surface area (Å²) in [5.41, 5.74) is 0.678. The first-order chi connectivity index (χ1) is 11.0. The third kappa shape index (κ3) is 4.29. The van der Waals surface area contributed by atoms with Gasteiger partial charge in [-0.15, -0.1) is 0 Å². The predicted octanol–water partition coefficient (Wildman–Crippen LogP) is 2.96. The standard InChI is InChI=1S/C18H22N2O3/c1-3-20(4-2)16(18(22)23)12-17(21)19-15-10-9-13-7-5-6-8-14(13)11-15/h5-11,16H,3-4,12H2,1-2H3,(H,19,21)(H,22,23). The lowest BCUT2D eigenvalue weighted by atomic mass is 10.1. The number of rotatable bonds is 7. The number of carboxylic acid groups (broad SMARTS) is 1. The summed E-state index contributed by atoms with van der Waals surface area (Å²) in [7, 11) is 0. The predicted molar refractivity (Wildman–Crippen MR) is 91.5 cm³/mol. The second-order valence-electron chi connectivity index (χ2n) is 5.39. The second-order valence-corrected chi connectivity index (χ2v) is 5.39. The van der Waals surface area contributed by atoms with Crippen molar-refractivity contribution in [2.24, 2.45) is 0 Å². The van der Waals surface area contributed by atoms with Crippen molar-refractivity contribution in [3.8, 4) is 0 Å². The topological polar surface area (TPSA) is 69.6 Å². The molecule has 0 heterocycles. The van der Waals surface area contributed by atoms with Gasteiger partial charge in [0.15, 0.2) is 0 Å². The molecule has 0 aromatic heterocycles. The molecule has 0 saturated heterocycles. The molecular formula is C18H22N2O3. The molecule has 2 aromatic carbocycles. The summed E-state index contributed by atoms with van der Waals surface area (Å²) >= 11 is 0. The van der Waals surface area contributed by atoms with E-state index in [1.165, 1.54) is 0 Å². The van der Waals surface area contributed by atoms with Gasteiger partial charge >= 0.3 is 5.97 Å². The Kier molecular flexibility index (Phi) is 5.71. The molecule has 1 amide bonds. The van der Waals surface area contributed by atoms with Crippen LogP contribution < -0.4 is 5.32 Å². The van der Waals surface area contributed by atoms with Gasteiger partial charge in [0.25, 0.3) is 0 Å². The maximum atomic E-state index is 12.2. The van der Waals surface area contributed by atoms with Gasteiger partial charge in [-0.25, -0.2) is 0 Å². The zero-order valence-corrected chi connectivity index (χ0v) is 13.5. The normalized spacial score (nSPS) is 12.3. The third-order valence-corrected chi connectivity index (χ3v) is 3.95. The van der Waals surface area contributed by atoms with E-state index in [0.29, 0.717) is 18.8 Å². The number of benzene rings is 2. The number of anilines is 1. The lowest BCUT2D eigenvalue weighted by Gasteiger charge is -2.25. The van der Waals surface area contributed by atoms with E-state index in [2.05, 4.69) is 5.32 Å². The Morgan fingerprint density at radius 3 is 2.35 bits per heavy atom. The number of carboxylic acids is 1. The summed E-state index contributed by atoms with van der Waals surface area (Å²) in [5, 5.41) is 14.3. The molecule has 2 aromatic rings. The fourth-order valence-electron chi connectivity index (χ4n) is 2.69. The van der Waals surface area contributed by atoms with E-state index < -0.39 is 12.0 Å². The van der Waals surface area contributed by atoms with E-state index >= 15 is 0 Å². The van der Waals surface area contributed by atoms with Crippen molar-refractivity contribution >= 4 is 28.3 Å². The summed E-state index contributed by atoms with van der Waals surface area (Å²) in [5.74, 6) is -1.26. The molecule has 1 unspecified atom stereocenters. The number of hydrogen-bond acceptors (Lipinski definition) is 3. The number of carbonyl (C=O) groups is 2. The molecule has 122 valence electrons. The average molecular weight is 314 g/mol. The van der Waals surface area contributed by atoms with Crippen LogP contribution in [-0.2, 0) is 9.59 Å². The molecule has 0 aliphatic heterocycles. The molecule has 2 N–H and O–H groups in total. The fraction of sp³-hybridized carbons (Fsp3) is 0.333. The Hall–Kier alpha value is -2.40. The monoisotopic (exact) mass is 314 g/mol. The van der Waals surface area contributed by atoms with Crippen LogP contribution in [0.5, 0.6) is 0 Å². The van der Waals surface area contributed by atoms with Gasteiger partial charge < -0.3 is 10.4 Å². The number of hydrogen-bond donors (Lipinski definition) is 2. The largest absolute Gasteiger partial charge is 0.480 e. The van der Waals surface area contributed by atoms with Crippen molar-refractivity contribution in [1.82, 2.24) is 4.90 Å². The molecule has 2 rings (SSSR count). The van der Waals surface area contributed by atoms with Crippen molar-refractivity contribution in [2.75, 3.05) is 18.4 Å². The molecule has 0 radical (unpaired) electrons. The van der Waals surface area contributed by atoms with Crippen LogP contribution in [0.2, 0.25) is 0 Å². The molecule has 0 spiro atoms. The first-order valence-corrected chi connectivity index (χ1v) is 7.80. The van der Waals surface area contributed by atoms with Crippen LogP contribution in [0.1, 0.15) is 20.3 Å². The number of likely N-dealkylation sites (N-methyl/N-ethyl adjacent to an activating group) is 1. The number of amides is 1. The highest BCUT2D eigenvalue weighted by molar-refractivity contribution is 5.96. The van der Waals surface area contributed by atoms with Gasteiger partial charge in [-0.05, 0) is 36.0 Å². The van der Waals surface area contributed by atoms with Crippen LogP contribution in [0.15, 0.2) is 42.5 Å². The number of nitrogens with one attached hydrogen (secondary N) is 1. The quantitative estimate of drug-likeness (QED) is 0.824. The summed E-state index contributed by atoms with van der Waals surface area (Å²) in [6.45, 7) is 4.97. The van der Waals surface area contributed by atoms with Crippen LogP contribution in [0.4, 0.5) is 5.69 Å². The van der Waals surface area contributed by atoms with Crippen molar-refractivity contribution in [3.63, 3.8) is 0 Å². The first kappa shape index (κ1) is 17.0. The van der Waals surface area contributed by atoms with E-state index in [0.717, 1.165) is 10.8 Å². The van der Waals surface area contributed by atoms with Gasteiger partial charge in [-0.2, -0.15) is 0 Å². The van der Waals surface area contributed by atoms with Crippen LogP contribution in [0, 0.1) is 0 Å². The highest BCUT2D eigenvalue weighted by Gasteiger charge is 2.26. The van der Waals surface area contributed by atoms with Crippen molar-refractivity contribution < 1.29 is 14.7 Å². The summed E-state index contributed by atoms with van der Waals surface area (Å²) in [6, 6.07) is 12.7. The van der Waals surface area contributed by atoms with E-state index in [-0.39, 0.29) is 12.3 Å². The molecule has 23 heavy (non-hydrogen) atoms. The van der Waals surface area contributed by atoms with Crippen molar-refractivity contribution in [1.29, 1.82) is 0 Å². The van der Waals surface area contributed by atoms with Gasteiger partial charge in [0.1, 0.15) is 6.04 Å². The molecule has 0 aliphatic carbocycles. The number of fused-ring (bicyclic) bond motifs is 1. The zero-order valence-electron chi connectivity index (χ0n) is 13.5. The Morgan fingerprint density at radius 1 is 1.09 bits per heavy atom. The first-order valence-electron chi connectivity index (χ1n) is 7.80. The Bertz CT molecular complexity index is 695. The Balaban J connectivity index is 2.08. The van der Waals surface area contributed by atoms with Crippen LogP contribution >= 0.6 is 0 Å². The minimum absolute atomic E-state index is 0.0656. The lowest BCUT2D eigenvalue weighted by Crippen LogP contribution is -2.43. The summed E-state index contributed by atoms with van der Waals surface area (Å²) in [4.78, 5) is 25.4. The maximum absolute atomic E-state index is 12.2. The Labute approximate surface area is 135 Å². The van der Waals surface area contributed by atoms with Gasteiger partial charge in [-0.3, -0.25) is 14.5 Å². The minimum atomic E-state index is -0.970. The lowest BCUT2D eigenvalue weighted by molar-refractivity contribution is -0.145. The third-order valence-electron chi connectivity index (χ3n) is 3.95. The fourth-order valence-corrected chi connectivity index (χ4v) is 2.69. The molecule has 5 nitrogen and oxygen atoms in total. The zero-order chi connectivity index (χ0) is 16.8. The average Bonchev–Trinajstić information content (AvgIpc) is 2.54. The minimum Gasteiger partial charge on any atom is -0.480 e. The number of aliphatic carboxylic acids is 1. The van der Waals surface area contributed by atoms with Gasteiger partial charge in [0, 0.05) is 5.69 Å². The maximum Gasteiger partial charge on any atom is 0.321 e. The molecule has 1 atom stereocenters. The van der Waals surface area contributed by atoms with Gasteiger partial charge in [0.05, 0.1) is 6.42 Å². The van der Waals surface area contributed by atoms with Gasteiger partial charge in [0.2, 0.25) is 5.91 Å². The van der Waals surface area contributed by atoms with Crippen molar-refractivity contribution in [2.45, 2.75) is 26.3 Å². The summed E-state index contributed by atoms with van der Waals surface area (Å²) < 4.78 is 0. The van der Waals surface area contributed by atoms with Crippen LogP contribution in [0.25, 0.3) is 10.8 Å². The number of carbonyl (C=O) groups excluding carboxylic acids is 1. The van der Waals surface area contributed by atoms with E-state index in [1.54, 1.807) is 4.90 Å². The molecule has 5 heteroatoms. The smallest absolute Gasteiger partial charge is 0.321 e. The SMILES string of the molecule is CCN(CC)C(CC(=O)Nc1ccc2ccccc2c1)C(=O)O. The van der Waals surface area contributed by atoms with E-state index in [9.17, 15) is 14.7 Å². The van der Waals surface area contributed by atoms with Gasteiger partial charge in [-0.1, -0.05) is 44.2 Å². The summed E-state index contributed by atoms with van der Waals surface area (Å²) in [6.07, 6.45) is -0.0656. The number of nitrogens with zero attached hydrogens (tertiary/aromatic N) is 1. The van der Waals surface area contributed by atoms with Crippen molar-refractivity contribution in [3.05, 3.63) is 42.5 Å². The molecule has 0 aliphatic rings. The molecular weight excluding hydrogens is 292 g/mol. The highest BCUT2D eigenvalue weighted by atomic mass is 16.4. The van der Waals surface area contributed by atoms with E-state index in [1.807, 2.05) is 56.3 Å². The van der Waals surface area contributed by atoms with Crippen LogP contribution in [0.3, 0.4) is 0 Å². The molecule has 0 saturated carbocycles. The van der Waals surface area contributed by atoms with Crippen LogP contribution in [-0.4, -0.2) is 41.0 Å². The highest BCUT2D eigenvalue weighted by Crippen LogP contribution is 2.19. The van der Waals surface area contributed by atoms with E-state index in [4.69, 9.17) is 0 Å². The Morgan fingerprint density at radius 2 is 1.74 bits per heavy atom. The molecule has 0 fully saturated rings.